The Kier molecular flexibility index (Phi) is 3.36. The maximum Gasteiger partial charge on any atom is 0.295 e. The van der Waals surface area contributed by atoms with Crippen LogP contribution in [0.1, 0.15) is 12.8 Å². The fraction of sp³-hybridized carbons (Fsp3) is 1.00. The zero-order valence-electron chi connectivity index (χ0n) is 5.04. The van der Waals surface area contributed by atoms with Crippen LogP contribution < -0.4 is 17.7 Å². The predicted octanol–water partition coefficient (Wildman–Crippen LogP) is -3.02. The number of alkyl halides is 2. The Labute approximate surface area is 59.2 Å². The summed E-state index contributed by atoms with van der Waals surface area (Å²) in [5.74, 6) is -2.38. The lowest BCUT2D eigenvalue weighted by atomic mass is 10.1. The summed E-state index contributed by atoms with van der Waals surface area (Å²) in [4.78, 5) is 0. The van der Waals surface area contributed by atoms with E-state index in [1.165, 1.54) is 0 Å². The van der Waals surface area contributed by atoms with Gasteiger partial charge in [0, 0.05) is 12.8 Å². The molecule has 0 radical (unpaired) electrons. The Morgan fingerprint density at radius 3 is 2.22 bits per heavy atom. The summed E-state index contributed by atoms with van der Waals surface area (Å²) >= 11 is 0. The minimum atomic E-state index is -2.38. The number of quaternary nitrogens is 1. The van der Waals surface area contributed by atoms with E-state index in [4.69, 9.17) is 0 Å². The molecular weight excluding hydrogens is 148 g/mol. The molecule has 1 nitrogen and oxygen atoms in total. The molecule has 0 saturated carbocycles. The van der Waals surface area contributed by atoms with E-state index in [9.17, 15) is 8.78 Å². The lowest BCUT2D eigenvalue weighted by molar-refractivity contribution is -0.680. The van der Waals surface area contributed by atoms with Crippen LogP contribution in [0.5, 0.6) is 0 Å². The van der Waals surface area contributed by atoms with Gasteiger partial charge in [-0.05, 0) is 0 Å². The summed E-state index contributed by atoms with van der Waals surface area (Å²) in [7, 11) is 0. The van der Waals surface area contributed by atoms with Gasteiger partial charge in [0.05, 0.1) is 6.54 Å². The van der Waals surface area contributed by atoms with Crippen molar-refractivity contribution >= 4 is 0 Å². The van der Waals surface area contributed by atoms with Crippen LogP contribution >= 0.6 is 0 Å². The van der Waals surface area contributed by atoms with Crippen molar-refractivity contribution in [1.29, 1.82) is 0 Å². The van der Waals surface area contributed by atoms with Crippen LogP contribution in [0.4, 0.5) is 8.78 Å². The first kappa shape index (κ1) is 9.11. The second-order valence-corrected chi connectivity index (χ2v) is 2.24. The summed E-state index contributed by atoms with van der Waals surface area (Å²) < 4.78 is 24.3. The first-order valence-corrected chi connectivity index (χ1v) is 2.90. The van der Waals surface area contributed by atoms with E-state index < -0.39 is 5.92 Å². The first-order valence-electron chi connectivity index (χ1n) is 2.90. The van der Waals surface area contributed by atoms with Crippen LogP contribution in [0.2, 0.25) is 0 Å². The molecule has 0 aromatic rings. The van der Waals surface area contributed by atoms with Gasteiger partial charge in [0.2, 0.25) is 0 Å². The van der Waals surface area contributed by atoms with Gasteiger partial charge in [-0.15, -0.1) is 0 Å². The summed E-state index contributed by atoms with van der Waals surface area (Å²) in [6.07, 6.45) is 0.747. The second kappa shape index (κ2) is 3.32. The molecule has 56 valence electrons. The maximum absolute atomic E-state index is 12.2. The van der Waals surface area contributed by atoms with Gasteiger partial charge < -0.3 is 17.7 Å². The third-order valence-corrected chi connectivity index (χ3v) is 1.39. The number of piperidine rings is 1. The van der Waals surface area contributed by atoms with Crippen molar-refractivity contribution in [2.24, 2.45) is 0 Å². The van der Waals surface area contributed by atoms with Gasteiger partial charge in [0.15, 0.2) is 0 Å². The number of nitrogens with two attached hydrogens (primary N) is 1. The Balaban J connectivity index is 0.000000640. The molecule has 0 unspecified atom stereocenters. The number of halogens is 3. The zero-order chi connectivity index (χ0) is 6.04. The highest BCUT2D eigenvalue weighted by Gasteiger charge is 2.33. The van der Waals surface area contributed by atoms with Crippen LogP contribution in [0.25, 0.3) is 0 Å². The molecule has 2 N–H and O–H groups in total. The Morgan fingerprint density at radius 2 is 2.00 bits per heavy atom. The number of hydrogen-bond acceptors (Lipinski definition) is 0. The lowest BCUT2D eigenvalue weighted by Crippen LogP contribution is -3.00. The smallest absolute Gasteiger partial charge is 0.295 e. The van der Waals surface area contributed by atoms with Crippen LogP contribution in [0, 0.1) is 0 Å². The van der Waals surface area contributed by atoms with Gasteiger partial charge >= 0.3 is 0 Å². The van der Waals surface area contributed by atoms with Gasteiger partial charge in [0.1, 0.15) is 6.54 Å². The van der Waals surface area contributed by atoms with Gasteiger partial charge in [-0.25, -0.2) is 8.78 Å². The van der Waals surface area contributed by atoms with Crippen molar-refractivity contribution in [3.05, 3.63) is 0 Å². The molecule has 0 bridgehead atoms. The third-order valence-electron chi connectivity index (χ3n) is 1.39. The molecule has 1 fully saturated rings. The van der Waals surface area contributed by atoms with Gasteiger partial charge in [-0.1, -0.05) is 0 Å². The molecule has 0 aliphatic carbocycles. The van der Waals surface area contributed by atoms with E-state index in [1.54, 1.807) is 5.32 Å². The summed E-state index contributed by atoms with van der Waals surface area (Å²) in [5.41, 5.74) is 0. The molecule has 1 aliphatic heterocycles. The normalized spacial score (nSPS) is 24.7. The van der Waals surface area contributed by atoms with E-state index in [0.29, 0.717) is 6.42 Å². The van der Waals surface area contributed by atoms with Gasteiger partial charge in [0.25, 0.3) is 5.92 Å². The van der Waals surface area contributed by atoms with Crippen LogP contribution in [0.15, 0.2) is 0 Å². The van der Waals surface area contributed by atoms with Crippen LogP contribution in [0.3, 0.4) is 0 Å². The molecule has 0 aromatic carbocycles. The predicted molar refractivity (Wildman–Crippen MR) is 25.8 cm³/mol. The maximum atomic E-state index is 12.2. The number of hydrogen-bond donors (Lipinski definition) is 1. The van der Waals surface area contributed by atoms with E-state index >= 15 is 0 Å². The summed E-state index contributed by atoms with van der Waals surface area (Å²) in [6.45, 7) is 0.864. The van der Waals surface area contributed by atoms with Crippen molar-refractivity contribution in [3.63, 3.8) is 0 Å². The minimum absolute atomic E-state index is 0. The van der Waals surface area contributed by atoms with Crippen molar-refractivity contribution in [2.75, 3.05) is 13.1 Å². The molecule has 0 aromatic heterocycles. The monoisotopic (exact) mass is 157 g/mol. The highest BCUT2D eigenvalue weighted by molar-refractivity contribution is 4.65. The molecule has 4 heteroatoms. The second-order valence-electron chi connectivity index (χ2n) is 2.24. The molecule has 1 saturated heterocycles. The van der Waals surface area contributed by atoms with E-state index in [1.807, 2.05) is 0 Å². The molecule has 1 aliphatic rings. The van der Waals surface area contributed by atoms with Crippen molar-refractivity contribution < 1.29 is 26.5 Å². The quantitative estimate of drug-likeness (QED) is 0.386. The molecule has 1 rings (SSSR count). The van der Waals surface area contributed by atoms with Gasteiger partial charge in [-0.2, -0.15) is 0 Å². The molecule has 0 atom stereocenters. The Morgan fingerprint density at radius 1 is 1.33 bits per heavy atom. The topological polar surface area (TPSA) is 16.6 Å². The molecule has 0 amide bonds. The van der Waals surface area contributed by atoms with Crippen molar-refractivity contribution in [3.8, 4) is 0 Å². The van der Waals surface area contributed by atoms with E-state index in [0.717, 1.165) is 6.54 Å². The fourth-order valence-corrected chi connectivity index (χ4v) is 0.920. The zero-order valence-corrected chi connectivity index (χ0v) is 5.80. The average Bonchev–Trinajstić information content (AvgIpc) is 1.65. The molecule has 9 heavy (non-hydrogen) atoms. The molecule has 1 heterocycles. The fourth-order valence-electron chi connectivity index (χ4n) is 0.920. The van der Waals surface area contributed by atoms with Gasteiger partial charge in [-0.3, -0.25) is 0 Å². The Hall–Kier alpha value is 0.110. The standard InChI is InChI=1S/C5H9F2N.ClH/c6-5(7)2-1-3-8-4-5;/h8H,1-4H2;1H. The summed E-state index contributed by atoms with van der Waals surface area (Å²) in [6, 6.07) is 0. The van der Waals surface area contributed by atoms with Crippen LogP contribution in [-0.4, -0.2) is 19.0 Å². The molecule has 0 spiro atoms. The highest BCUT2D eigenvalue weighted by Crippen LogP contribution is 2.18. The van der Waals surface area contributed by atoms with E-state index in [2.05, 4.69) is 0 Å². The van der Waals surface area contributed by atoms with E-state index in [-0.39, 0.29) is 25.4 Å². The largest absolute Gasteiger partial charge is 1.00 e. The Bertz CT molecular complexity index is 79.0. The summed E-state index contributed by atoms with van der Waals surface area (Å²) in [5, 5.41) is 1.67. The third kappa shape index (κ3) is 2.96. The lowest BCUT2D eigenvalue weighted by Gasteiger charge is -2.18. The number of rotatable bonds is 0. The first-order chi connectivity index (χ1) is 3.71. The highest BCUT2D eigenvalue weighted by atomic mass is 35.5. The SMILES string of the molecule is FC1(F)CCC[NH2+]C1.[Cl-]. The van der Waals surface area contributed by atoms with Crippen LogP contribution in [-0.2, 0) is 0 Å². The average molecular weight is 158 g/mol. The van der Waals surface area contributed by atoms with Crippen molar-refractivity contribution in [1.82, 2.24) is 0 Å². The molecular formula is C5H10ClF2N. The minimum Gasteiger partial charge on any atom is -1.00 e. The van der Waals surface area contributed by atoms with Crippen molar-refractivity contribution in [2.45, 2.75) is 18.8 Å².